The van der Waals surface area contributed by atoms with Gasteiger partial charge >= 0.3 is 0 Å². The quantitative estimate of drug-likeness (QED) is 0.552. The van der Waals surface area contributed by atoms with Crippen molar-refractivity contribution in [3.05, 3.63) is 70.2 Å². The van der Waals surface area contributed by atoms with E-state index in [9.17, 15) is 4.79 Å². The lowest BCUT2D eigenvalue weighted by atomic mass is 10.0. The normalized spacial score (nSPS) is 16.7. The molecule has 7 heteroatoms. The number of likely N-dealkylation sites (tertiary alicyclic amines) is 1. The fourth-order valence-corrected chi connectivity index (χ4v) is 4.03. The van der Waals surface area contributed by atoms with E-state index in [-0.39, 0.29) is 11.9 Å². The van der Waals surface area contributed by atoms with Crippen molar-refractivity contribution in [1.82, 2.24) is 20.1 Å². The highest BCUT2D eigenvalue weighted by Crippen LogP contribution is 2.32. The van der Waals surface area contributed by atoms with Gasteiger partial charge < -0.3 is 9.32 Å². The second kappa shape index (κ2) is 9.47. The Balaban J connectivity index is 1.48. The van der Waals surface area contributed by atoms with E-state index in [1.807, 2.05) is 35.2 Å². The third-order valence-electron chi connectivity index (χ3n) is 5.56. The first kappa shape index (κ1) is 20.7. The largest absolute Gasteiger partial charge is 0.443 e. The van der Waals surface area contributed by atoms with E-state index in [0.29, 0.717) is 29.6 Å². The van der Waals surface area contributed by atoms with Gasteiger partial charge in [-0.3, -0.25) is 9.89 Å². The van der Waals surface area contributed by atoms with Crippen LogP contribution in [0.5, 0.6) is 0 Å². The number of nitrogens with zero attached hydrogens (tertiary/aromatic N) is 3. The number of nitrogens with one attached hydrogen (secondary N) is 1. The topological polar surface area (TPSA) is 75.0 Å². The number of hydrogen-bond acceptors (Lipinski definition) is 4. The summed E-state index contributed by atoms with van der Waals surface area (Å²) in [5, 5.41) is 7.98. The van der Waals surface area contributed by atoms with Gasteiger partial charge in [-0.25, -0.2) is 4.98 Å². The Kier molecular flexibility index (Phi) is 6.53. The van der Waals surface area contributed by atoms with Gasteiger partial charge in [0.15, 0.2) is 0 Å². The van der Waals surface area contributed by atoms with Crippen LogP contribution in [0.2, 0.25) is 5.02 Å². The van der Waals surface area contributed by atoms with E-state index in [1.54, 1.807) is 6.20 Å². The number of halogens is 1. The third kappa shape index (κ3) is 4.75. The van der Waals surface area contributed by atoms with Gasteiger partial charge in [-0.15, -0.1) is 0 Å². The monoisotopic (exact) mass is 426 g/mol. The van der Waals surface area contributed by atoms with Crippen LogP contribution in [0, 0.1) is 0 Å². The van der Waals surface area contributed by atoms with Crippen LogP contribution >= 0.6 is 11.6 Å². The average molecular weight is 427 g/mol. The summed E-state index contributed by atoms with van der Waals surface area (Å²) < 4.78 is 6.07. The second-order valence-electron chi connectivity index (χ2n) is 7.86. The number of aryl methyl sites for hydroxylation is 1. The van der Waals surface area contributed by atoms with E-state index in [0.717, 1.165) is 55.5 Å². The van der Waals surface area contributed by atoms with Gasteiger partial charge in [0.1, 0.15) is 17.5 Å². The van der Waals surface area contributed by atoms with Crippen LogP contribution in [0.1, 0.15) is 78.5 Å². The molecule has 6 nitrogen and oxygen atoms in total. The smallest absolute Gasteiger partial charge is 0.275 e. The van der Waals surface area contributed by atoms with Crippen molar-refractivity contribution >= 4 is 17.5 Å². The second-order valence-corrected chi connectivity index (χ2v) is 8.30. The molecule has 0 saturated carbocycles. The molecular weight excluding hydrogens is 400 g/mol. The predicted molar refractivity (Wildman–Crippen MR) is 116 cm³/mol. The van der Waals surface area contributed by atoms with Gasteiger partial charge in [-0.05, 0) is 55.9 Å². The Bertz CT molecular complexity index is 979. The zero-order valence-electron chi connectivity index (χ0n) is 17.2. The van der Waals surface area contributed by atoms with E-state index < -0.39 is 0 Å². The SMILES string of the molecule is CCCCc1cc(C(=O)N2CCCCC2c2ncc(Cc3ccc(Cl)cc3)o2)n[nH]1. The van der Waals surface area contributed by atoms with Crippen LogP contribution in [0.15, 0.2) is 40.9 Å². The molecule has 1 atom stereocenters. The fourth-order valence-electron chi connectivity index (χ4n) is 3.91. The molecule has 4 rings (SSSR count). The first-order valence-electron chi connectivity index (χ1n) is 10.7. The minimum absolute atomic E-state index is 0.0591. The number of carbonyl (C=O) groups excluding carboxylic acids is 1. The number of carbonyl (C=O) groups is 1. The molecule has 0 radical (unpaired) electrons. The van der Waals surface area contributed by atoms with Crippen molar-refractivity contribution in [3.63, 3.8) is 0 Å². The molecule has 2 aromatic heterocycles. The Morgan fingerprint density at radius 2 is 2.13 bits per heavy atom. The van der Waals surface area contributed by atoms with Crippen molar-refractivity contribution in [1.29, 1.82) is 0 Å². The summed E-state index contributed by atoms with van der Waals surface area (Å²) >= 11 is 5.96. The van der Waals surface area contributed by atoms with E-state index in [4.69, 9.17) is 16.0 Å². The number of benzene rings is 1. The average Bonchev–Trinajstić information content (AvgIpc) is 3.43. The maximum Gasteiger partial charge on any atom is 0.275 e. The Labute approximate surface area is 181 Å². The number of rotatable bonds is 7. The minimum atomic E-state index is -0.152. The maximum absolute atomic E-state index is 13.2. The summed E-state index contributed by atoms with van der Waals surface area (Å²) in [5.74, 6) is 1.33. The summed E-state index contributed by atoms with van der Waals surface area (Å²) in [6, 6.07) is 9.43. The number of hydrogen-bond donors (Lipinski definition) is 1. The molecule has 1 amide bonds. The lowest BCUT2D eigenvalue weighted by Gasteiger charge is -2.33. The standard InChI is InChI=1S/C23H27ClN4O2/c1-2-3-6-18-14-20(27-26-18)23(29)28-12-5-4-7-21(28)22-25-15-19(30-22)13-16-8-10-17(24)11-9-16/h8-11,14-15,21H,2-7,12-13H2,1H3,(H,26,27). The van der Waals surface area contributed by atoms with E-state index in [1.165, 1.54) is 0 Å². The van der Waals surface area contributed by atoms with Crippen LogP contribution in [0.4, 0.5) is 0 Å². The molecule has 0 aliphatic carbocycles. The molecule has 0 spiro atoms. The van der Waals surface area contributed by atoms with Crippen LogP contribution < -0.4 is 0 Å². The van der Waals surface area contributed by atoms with Gasteiger partial charge in [0.05, 0.1) is 6.20 Å². The lowest BCUT2D eigenvalue weighted by molar-refractivity contribution is 0.0564. The van der Waals surface area contributed by atoms with Crippen molar-refractivity contribution in [2.45, 2.75) is 57.9 Å². The summed E-state index contributed by atoms with van der Waals surface area (Å²) in [5.41, 5.74) is 2.59. The van der Waals surface area contributed by atoms with Gasteiger partial charge in [0.2, 0.25) is 5.89 Å². The molecule has 1 aliphatic heterocycles. The molecule has 3 aromatic rings. The number of H-pyrrole nitrogens is 1. The Hall–Kier alpha value is -2.60. The van der Waals surface area contributed by atoms with Crippen molar-refractivity contribution in [2.24, 2.45) is 0 Å². The van der Waals surface area contributed by atoms with Gasteiger partial charge in [0.25, 0.3) is 5.91 Å². The Morgan fingerprint density at radius 3 is 2.93 bits per heavy atom. The van der Waals surface area contributed by atoms with Crippen LogP contribution in [-0.2, 0) is 12.8 Å². The van der Waals surface area contributed by atoms with E-state index >= 15 is 0 Å². The first-order valence-corrected chi connectivity index (χ1v) is 11.1. The number of amides is 1. The third-order valence-corrected chi connectivity index (χ3v) is 5.81. The number of piperidine rings is 1. The molecule has 3 heterocycles. The summed E-state index contributed by atoms with van der Waals surface area (Å²) in [7, 11) is 0. The molecular formula is C23H27ClN4O2. The fraction of sp³-hybridized carbons (Fsp3) is 0.435. The highest BCUT2D eigenvalue weighted by molar-refractivity contribution is 6.30. The number of aromatic nitrogens is 3. The summed E-state index contributed by atoms with van der Waals surface area (Å²) in [6.45, 7) is 2.84. The predicted octanol–water partition coefficient (Wildman–Crippen LogP) is 5.35. The van der Waals surface area contributed by atoms with Crippen LogP contribution in [0.3, 0.4) is 0 Å². The molecule has 30 heavy (non-hydrogen) atoms. The van der Waals surface area contributed by atoms with Gasteiger partial charge in [-0.2, -0.15) is 5.10 Å². The zero-order chi connectivity index (χ0) is 20.9. The van der Waals surface area contributed by atoms with Crippen molar-refractivity contribution in [3.8, 4) is 0 Å². The first-order chi connectivity index (χ1) is 14.6. The molecule has 158 valence electrons. The lowest BCUT2D eigenvalue weighted by Crippen LogP contribution is -2.38. The number of unbranched alkanes of at least 4 members (excludes halogenated alkanes) is 1. The molecule has 1 saturated heterocycles. The van der Waals surface area contributed by atoms with Crippen molar-refractivity contribution in [2.75, 3.05) is 6.54 Å². The molecule has 0 bridgehead atoms. The molecule has 1 fully saturated rings. The molecule has 1 aliphatic rings. The number of aromatic amines is 1. The molecule has 1 unspecified atom stereocenters. The highest BCUT2D eigenvalue weighted by atomic mass is 35.5. The maximum atomic E-state index is 13.2. The van der Waals surface area contributed by atoms with Gasteiger partial charge in [-0.1, -0.05) is 37.1 Å². The molecule has 1 N–H and O–H groups in total. The molecule has 1 aromatic carbocycles. The summed E-state index contributed by atoms with van der Waals surface area (Å²) in [6.07, 6.45) is 8.38. The van der Waals surface area contributed by atoms with E-state index in [2.05, 4.69) is 22.1 Å². The van der Waals surface area contributed by atoms with Crippen LogP contribution in [-0.4, -0.2) is 32.5 Å². The zero-order valence-corrected chi connectivity index (χ0v) is 18.0. The van der Waals surface area contributed by atoms with Crippen molar-refractivity contribution < 1.29 is 9.21 Å². The summed E-state index contributed by atoms with van der Waals surface area (Å²) in [4.78, 5) is 19.5. The minimum Gasteiger partial charge on any atom is -0.443 e. The highest BCUT2D eigenvalue weighted by Gasteiger charge is 2.33. The van der Waals surface area contributed by atoms with Gasteiger partial charge in [0, 0.05) is 23.7 Å². The van der Waals surface area contributed by atoms with Crippen LogP contribution in [0.25, 0.3) is 0 Å². The number of oxazole rings is 1. The Morgan fingerprint density at radius 1 is 1.30 bits per heavy atom.